The van der Waals surface area contributed by atoms with Gasteiger partial charge < -0.3 is 5.41 Å². The van der Waals surface area contributed by atoms with Crippen LogP contribution in [0.4, 0.5) is 8.78 Å². The molecule has 1 atom stereocenters. The molecule has 0 aliphatic rings. The van der Waals surface area contributed by atoms with Gasteiger partial charge in [-0.3, -0.25) is 4.99 Å². The summed E-state index contributed by atoms with van der Waals surface area (Å²) < 4.78 is 25.6. The van der Waals surface area contributed by atoms with Gasteiger partial charge in [-0.1, -0.05) is 60.7 Å². The third-order valence-corrected chi connectivity index (χ3v) is 3.34. The molecule has 0 saturated carbocycles. The van der Waals surface area contributed by atoms with E-state index >= 15 is 0 Å². The summed E-state index contributed by atoms with van der Waals surface area (Å²) in [5.74, 6) is 0. The number of benzene rings is 2. The second-order valence-electron chi connectivity index (χ2n) is 5.29. The normalized spacial score (nSPS) is 13.5. The molecule has 2 aromatic carbocycles. The Morgan fingerprint density at radius 3 is 1.86 bits per heavy atom. The highest BCUT2D eigenvalue weighted by atomic mass is 19.3. The first-order valence-corrected chi connectivity index (χ1v) is 7.04. The summed E-state index contributed by atoms with van der Waals surface area (Å²) in [6.07, 6.45) is -1.99. The van der Waals surface area contributed by atoms with Crippen LogP contribution < -0.4 is 0 Å². The Morgan fingerprint density at radius 1 is 1.05 bits per heavy atom. The van der Waals surface area contributed by atoms with Crippen molar-refractivity contribution in [2.45, 2.75) is 25.3 Å². The van der Waals surface area contributed by atoms with Crippen molar-refractivity contribution in [3.8, 4) is 0 Å². The lowest BCUT2D eigenvalue weighted by Gasteiger charge is -2.22. The van der Waals surface area contributed by atoms with E-state index in [1.54, 1.807) is 6.92 Å². The molecule has 0 saturated heterocycles. The summed E-state index contributed by atoms with van der Waals surface area (Å²) in [5.41, 5.74) is 1.08. The first-order chi connectivity index (χ1) is 10.5. The third kappa shape index (κ3) is 4.07. The number of halogens is 2. The smallest absolute Gasteiger partial charge is 0.241 e. The van der Waals surface area contributed by atoms with Crippen molar-refractivity contribution >= 4 is 11.9 Å². The number of alkyl halides is 2. The fourth-order valence-corrected chi connectivity index (χ4v) is 2.19. The molecule has 2 rings (SSSR count). The summed E-state index contributed by atoms with van der Waals surface area (Å²) in [4.78, 5) is 4.50. The van der Waals surface area contributed by atoms with Crippen molar-refractivity contribution in [3.05, 3.63) is 71.8 Å². The van der Waals surface area contributed by atoms with Gasteiger partial charge >= 0.3 is 0 Å². The van der Waals surface area contributed by atoms with Crippen molar-refractivity contribution in [1.82, 2.24) is 0 Å². The highest BCUT2D eigenvalue weighted by Crippen LogP contribution is 2.22. The summed E-state index contributed by atoms with van der Waals surface area (Å²) in [7, 11) is 0. The molecule has 0 spiro atoms. The van der Waals surface area contributed by atoms with Crippen molar-refractivity contribution in [1.29, 1.82) is 5.41 Å². The molecule has 114 valence electrons. The summed E-state index contributed by atoms with van der Waals surface area (Å²) >= 11 is 0. The van der Waals surface area contributed by atoms with Crippen LogP contribution in [0, 0.1) is 5.41 Å². The van der Waals surface area contributed by atoms with Gasteiger partial charge in [-0.25, -0.2) is 8.78 Å². The zero-order valence-electron chi connectivity index (χ0n) is 12.3. The van der Waals surface area contributed by atoms with E-state index in [4.69, 9.17) is 5.41 Å². The average Bonchev–Trinajstić information content (AvgIpc) is 2.54. The van der Waals surface area contributed by atoms with Crippen LogP contribution in [-0.4, -0.2) is 23.9 Å². The zero-order chi connectivity index (χ0) is 16.0. The highest BCUT2D eigenvalue weighted by Gasteiger charge is 2.26. The quantitative estimate of drug-likeness (QED) is 0.758. The van der Waals surface area contributed by atoms with E-state index in [1.807, 2.05) is 60.7 Å². The molecule has 0 aliphatic carbocycles. The maximum Gasteiger partial charge on any atom is 0.241 e. The largest absolute Gasteiger partial charge is 0.311 e. The molecule has 0 heterocycles. The lowest BCUT2D eigenvalue weighted by Crippen LogP contribution is -2.29. The SMILES string of the molecule is CC(C=N)(CC(F)F)N=C(c1ccccc1)c1ccccc1. The minimum atomic E-state index is -2.51. The van der Waals surface area contributed by atoms with Crippen LogP contribution in [0.1, 0.15) is 24.5 Å². The lowest BCUT2D eigenvalue weighted by atomic mass is 9.97. The van der Waals surface area contributed by atoms with Gasteiger partial charge in [0.05, 0.1) is 11.3 Å². The molecule has 0 aromatic heterocycles. The molecule has 0 amide bonds. The van der Waals surface area contributed by atoms with Gasteiger partial charge in [-0.15, -0.1) is 0 Å². The fourth-order valence-electron chi connectivity index (χ4n) is 2.19. The van der Waals surface area contributed by atoms with Crippen LogP contribution >= 0.6 is 0 Å². The van der Waals surface area contributed by atoms with Crippen LogP contribution in [0.15, 0.2) is 65.7 Å². The predicted molar refractivity (Wildman–Crippen MR) is 86.3 cm³/mol. The lowest BCUT2D eigenvalue weighted by molar-refractivity contribution is 0.123. The van der Waals surface area contributed by atoms with Gasteiger partial charge in [0, 0.05) is 23.8 Å². The summed E-state index contributed by atoms with van der Waals surface area (Å²) in [6, 6.07) is 18.8. The molecule has 0 aliphatic heterocycles. The number of hydrogen-bond acceptors (Lipinski definition) is 2. The Labute approximate surface area is 129 Å². The van der Waals surface area contributed by atoms with E-state index in [2.05, 4.69) is 4.99 Å². The van der Waals surface area contributed by atoms with Crippen molar-refractivity contribution in [2.75, 3.05) is 0 Å². The Bertz CT molecular complexity index is 597. The van der Waals surface area contributed by atoms with Gasteiger partial charge in [0.15, 0.2) is 0 Å². The van der Waals surface area contributed by atoms with E-state index in [-0.39, 0.29) is 0 Å². The Kier molecular flexibility index (Phi) is 5.15. The van der Waals surface area contributed by atoms with E-state index < -0.39 is 18.4 Å². The van der Waals surface area contributed by atoms with Crippen LogP contribution in [0.3, 0.4) is 0 Å². The molecule has 2 nitrogen and oxygen atoms in total. The van der Waals surface area contributed by atoms with E-state index in [0.717, 1.165) is 17.3 Å². The van der Waals surface area contributed by atoms with Crippen LogP contribution in [-0.2, 0) is 0 Å². The number of rotatable bonds is 6. The summed E-state index contributed by atoms with van der Waals surface area (Å²) in [5, 5.41) is 7.50. The number of aliphatic imine (C=N–C) groups is 1. The zero-order valence-corrected chi connectivity index (χ0v) is 12.3. The standard InChI is InChI=1S/C18H18F2N2/c1-18(13-21,12-16(19)20)22-17(14-8-4-2-5-9-14)15-10-6-3-7-11-15/h2-11,13,16,21H,12H2,1H3. The Morgan fingerprint density at radius 2 is 1.50 bits per heavy atom. The Balaban J connectivity index is 2.53. The number of hydrogen-bond donors (Lipinski definition) is 1. The van der Waals surface area contributed by atoms with E-state index in [0.29, 0.717) is 5.71 Å². The van der Waals surface area contributed by atoms with Crippen LogP contribution in [0.2, 0.25) is 0 Å². The molecule has 1 N–H and O–H groups in total. The molecule has 22 heavy (non-hydrogen) atoms. The monoisotopic (exact) mass is 300 g/mol. The Hall–Kier alpha value is -2.36. The third-order valence-electron chi connectivity index (χ3n) is 3.34. The number of nitrogens with one attached hydrogen (secondary N) is 1. The molecular formula is C18H18F2N2. The molecule has 4 heteroatoms. The predicted octanol–water partition coefficient (Wildman–Crippen LogP) is 4.59. The van der Waals surface area contributed by atoms with Crippen molar-refractivity contribution in [2.24, 2.45) is 4.99 Å². The van der Waals surface area contributed by atoms with Gasteiger partial charge in [0.25, 0.3) is 0 Å². The van der Waals surface area contributed by atoms with Gasteiger partial charge in [-0.05, 0) is 6.92 Å². The van der Waals surface area contributed by atoms with Crippen molar-refractivity contribution in [3.63, 3.8) is 0 Å². The second-order valence-corrected chi connectivity index (χ2v) is 5.29. The molecule has 0 radical (unpaired) electrons. The topological polar surface area (TPSA) is 36.2 Å². The molecule has 1 unspecified atom stereocenters. The van der Waals surface area contributed by atoms with Crippen LogP contribution in [0.25, 0.3) is 0 Å². The first kappa shape index (κ1) is 16.0. The maximum atomic E-state index is 12.8. The van der Waals surface area contributed by atoms with Crippen LogP contribution in [0.5, 0.6) is 0 Å². The molecule has 0 fully saturated rings. The summed E-state index contributed by atoms with van der Waals surface area (Å²) in [6.45, 7) is 1.55. The molecule has 0 bridgehead atoms. The van der Waals surface area contributed by atoms with Crippen molar-refractivity contribution < 1.29 is 8.78 Å². The minimum Gasteiger partial charge on any atom is -0.311 e. The second kappa shape index (κ2) is 7.07. The first-order valence-electron chi connectivity index (χ1n) is 7.04. The molecular weight excluding hydrogens is 282 g/mol. The number of nitrogens with zero attached hydrogens (tertiary/aromatic N) is 1. The highest BCUT2D eigenvalue weighted by molar-refractivity contribution is 6.13. The van der Waals surface area contributed by atoms with Gasteiger partial charge in [0.1, 0.15) is 0 Å². The van der Waals surface area contributed by atoms with E-state index in [9.17, 15) is 8.78 Å². The molecule has 2 aromatic rings. The van der Waals surface area contributed by atoms with E-state index in [1.165, 1.54) is 0 Å². The minimum absolute atomic E-state index is 0.473. The van der Waals surface area contributed by atoms with Gasteiger partial charge in [-0.2, -0.15) is 0 Å². The van der Waals surface area contributed by atoms with Gasteiger partial charge in [0.2, 0.25) is 6.43 Å². The maximum absolute atomic E-state index is 12.8. The average molecular weight is 300 g/mol. The fraction of sp³-hybridized carbons (Fsp3) is 0.222.